The van der Waals surface area contributed by atoms with E-state index in [1.54, 1.807) is 0 Å². The number of benzene rings is 1. The largest absolute Gasteiger partial charge is 0.381 e. The maximum atomic E-state index is 12.2. The van der Waals surface area contributed by atoms with Gasteiger partial charge in [-0.25, -0.2) is 8.42 Å². The SMILES string of the molecule is CCc1cc2c(s1)CCOCCCN(Cc1ccc(NS(=O)(=O)CC(C)C)cc1)CCC2. The molecule has 0 saturated heterocycles. The van der Waals surface area contributed by atoms with Crippen LogP contribution in [0, 0.1) is 5.92 Å². The molecular weight excluding hydrogens is 440 g/mol. The monoisotopic (exact) mass is 478 g/mol. The molecule has 5 nitrogen and oxygen atoms in total. The number of hydrogen-bond acceptors (Lipinski definition) is 5. The van der Waals surface area contributed by atoms with Gasteiger partial charge in [0.05, 0.1) is 12.4 Å². The molecule has 1 aromatic carbocycles. The van der Waals surface area contributed by atoms with Gasteiger partial charge in [0.2, 0.25) is 10.0 Å². The second-order valence-electron chi connectivity index (χ2n) is 9.08. The van der Waals surface area contributed by atoms with Gasteiger partial charge in [-0.3, -0.25) is 9.62 Å². The number of anilines is 1. The molecule has 0 bridgehead atoms. The summed E-state index contributed by atoms with van der Waals surface area (Å²) in [6.45, 7) is 10.6. The number of ether oxygens (including phenoxy) is 1. The number of nitrogens with zero attached hydrogens (tertiary/aromatic N) is 1. The summed E-state index contributed by atoms with van der Waals surface area (Å²) in [5.41, 5.74) is 3.34. The smallest absolute Gasteiger partial charge is 0.232 e. The van der Waals surface area contributed by atoms with Gasteiger partial charge in [-0.05, 0) is 67.5 Å². The zero-order valence-corrected chi connectivity index (χ0v) is 21.4. The fourth-order valence-electron chi connectivity index (χ4n) is 4.14. The molecule has 0 radical (unpaired) electrons. The van der Waals surface area contributed by atoms with Crippen molar-refractivity contribution >= 4 is 27.0 Å². The van der Waals surface area contributed by atoms with Crippen LogP contribution in [0.3, 0.4) is 0 Å². The zero-order chi connectivity index (χ0) is 23.0. The number of sulfonamides is 1. The molecular formula is C25H38N2O3S2. The average molecular weight is 479 g/mol. The summed E-state index contributed by atoms with van der Waals surface area (Å²) in [7, 11) is -3.29. The third-order valence-corrected chi connectivity index (χ3v) is 8.67. The first-order valence-corrected chi connectivity index (χ1v) is 14.3. The molecule has 178 valence electrons. The van der Waals surface area contributed by atoms with Crippen molar-refractivity contribution < 1.29 is 13.2 Å². The van der Waals surface area contributed by atoms with Crippen molar-refractivity contribution in [2.24, 2.45) is 5.92 Å². The average Bonchev–Trinajstić information content (AvgIpc) is 3.11. The van der Waals surface area contributed by atoms with E-state index in [9.17, 15) is 8.42 Å². The van der Waals surface area contributed by atoms with Crippen LogP contribution in [0.4, 0.5) is 5.69 Å². The van der Waals surface area contributed by atoms with Crippen molar-refractivity contribution in [3.05, 3.63) is 51.2 Å². The van der Waals surface area contributed by atoms with E-state index in [-0.39, 0.29) is 11.7 Å². The molecule has 2 aromatic rings. The predicted molar refractivity (Wildman–Crippen MR) is 135 cm³/mol. The molecule has 0 amide bonds. The molecule has 0 atom stereocenters. The Morgan fingerprint density at radius 1 is 1.09 bits per heavy atom. The van der Waals surface area contributed by atoms with Gasteiger partial charge in [-0.2, -0.15) is 0 Å². The number of fused-ring (bicyclic) bond motifs is 1. The van der Waals surface area contributed by atoms with Crippen molar-refractivity contribution in [2.45, 2.75) is 59.4 Å². The van der Waals surface area contributed by atoms with Gasteiger partial charge < -0.3 is 4.74 Å². The lowest BCUT2D eigenvalue weighted by Crippen LogP contribution is -2.27. The Labute approximate surface area is 198 Å². The van der Waals surface area contributed by atoms with Crippen LogP contribution >= 0.6 is 11.3 Å². The minimum Gasteiger partial charge on any atom is -0.381 e. The van der Waals surface area contributed by atoms with Crippen LogP contribution in [-0.2, 0) is 40.6 Å². The van der Waals surface area contributed by atoms with Crippen molar-refractivity contribution in [3.8, 4) is 0 Å². The van der Waals surface area contributed by atoms with E-state index in [0.717, 1.165) is 65.0 Å². The lowest BCUT2D eigenvalue weighted by atomic mass is 10.1. The van der Waals surface area contributed by atoms with Gasteiger partial charge in [0.25, 0.3) is 0 Å². The molecule has 0 spiro atoms. The van der Waals surface area contributed by atoms with Crippen molar-refractivity contribution in [3.63, 3.8) is 0 Å². The predicted octanol–water partition coefficient (Wildman–Crippen LogP) is 5.11. The standard InChI is InChI=1S/C25H38N2O3S2/c1-4-24-17-22-7-5-13-27(14-6-15-30-16-12-25(22)31-24)18-21-8-10-23(11-9-21)26-32(28,29)19-20(2)3/h8-11,17,20,26H,4-7,12-16,18-19H2,1-3H3. The Kier molecular flexibility index (Phi) is 9.59. The molecule has 1 aliphatic rings. The van der Waals surface area contributed by atoms with Crippen molar-refractivity contribution in [1.29, 1.82) is 0 Å². The summed E-state index contributed by atoms with van der Waals surface area (Å²) < 4.78 is 32.9. The molecule has 1 aromatic heterocycles. The molecule has 0 aliphatic carbocycles. The molecule has 7 heteroatoms. The number of aryl methyl sites for hydroxylation is 2. The molecule has 0 saturated carbocycles. The van der Waals surface area contributed by atoms with E-state index in [1.807, 2.05) is 49.4 Å². The lowest BCUT2D eigenvalue weighted by molar-refractivity contribution is 0.121. The summed E-state index contributed by atoms with van der Waals surface area (Å²) in [6, 6.07) is 10.2. The van der Waals surface area contributed by atoms with Gasteiger partial charge in [-0.15, -0.1) is 11.3 Å². The van der Waals surface area contributed by atoms with Crippen LogP contribution in [0.2, 0.25) is 0 Å². The number of hydrogen-bond donors (Lipinski definition) is 1. The van der Waals surface area contributed by atoms with Gasteiger partial charge in [0, 0.05) is 41.6 Å². The maximum Gasteiger partial charge on any atom is 0.232 e. The van der Waals surface area contributed by atoms with Gasteiger partial charge >= 0.3 is 0 Å². The fourth-order valence-corrected chi connectivity index (χ4v) is 6.74. The van der Waals surface area contributed by atoms with E-state index >= 15 is 0 Å². The molecule has 0 fully saturated rings. The summed E-state index contributed by atoms with van der Waals surface area (Å²) in [6.07, 6.45) is 5.45. The molecule has 32 heavy (non-hydrogen) atoms. The lowest BCUT2D eigenvalue weighted by Gasteiger charge is -2.23. The van der Waals surface area contributed by atoms with E-state index in [4.69, 9.17) is 4.74 Å². The molecule has 0 unspecified atom stereocenters. The second kappa shape index (κ2) is 12.2. The van der Waals surface area contributed by atoms with Crippen LogP contribution in [0.25, 0.3) is 0 Å². The van der Waals surface area contributed by atoms with E-state index in [1.165, 1.54) is 20.9 Å². The van der Waals surface area contributed by atoms with E-state index in [2.05, 4.69) is 22.6 Å². The topological polar surface area (TPSA) is 58.6 Å². The minimum atomic E-state index is -3.29. The summed E-state index contributed by atoms with van der Waals surface area (Å²) in [5, 5.41) is 0. The summed E-state index contributed by atoms with van der Waals surface area (Å²) >= 11 is 1.96. The van der Waals surface area contributed by atoms with Crippen LogP contribution in [0.1, 0.15) is 54.5 Å². The van der Waals surface area contributed by atoms with Crippen molar-refractivity contribution in [2.75, 3.05) is 36.8 Å². The highest BCUT2D eigenvalue weighted by atomic mass is 32.2. The van der Waals surface area contributed by atoms with E-state index in [0.29, 0.717) is 5.69 Å². The maximum absolute atomic E-state index is 12.2. The molecule has 2 heterocycles. The first-order valence-electron chi connectivity index (χ1n) is 11.8. The van der Waals surface area contributed by atoms with Crippen molar-refractivity contribution in [1.82, 2.24) is 4.90 Å². The Balaban J connectivity index is 1.59. The molecule has 3 rings (SSSR count). The van der Waals surface area contributed by atoms with E-state index < -0.39 is 10.0 Å². The van der Waals surface area contributed by atoms with Crippen LogP contribution < -0.4 is 4.72 Å². The Hall–Kier alpha value is -1.41. The fraction of sp³-hybridized carbons (Fsp3) is 0.600. The third-order valence-electron chi connectivity index (χ3n) is 5.64. The highest BCUT2D eigenvalue weighted by molar-refractivity contribution is 7.92. The number of nitrogens with one attached hydrogen (secondary N) is 1. The normalized spacial score (nSPS) is 16.9. The third kappa shape index (κ3) is 8.18. The van der Waals surface area contributed by atoms with Crippen LogP contribution in [-0.4, -0.2) is 45.4 Å². The first kappa shape index (κ1) is 25.2. The quantitative estimate of drug-likeness (QED) is 0.601. The Bertz CT molecular complexity index is 937. The molecule has 1 aliphatic heterocycles. The van der Waals surface area contributed by atoms with Gasteiger partial charge in [0.15, 0.2) is 0 Å². The van der Waals surface area contributed by atoms with Gasteiger partial charge in [0.1, 0.15) is 0 Å². The summed E-state index contributed by atoms with van der Waals surface area (Å²) in [4.78, 5) is 5.48. The number of rotatable bonds is 7. The minimum absolute atomic E-state index is 0.100. The van der Waals surface area contributed by atoms with Crippen LogP contribution in [0.5, 0.6) is 0 Å². The second-order valence-corrected chi connectivity index (χ2v) is 12.1. The zero-order valence-electron chi connectivity index (χ0n) is 19.7. The molecule has 1 N–H and O–H groups in total. The summed E-state index contributed by atoms with van der Waals surface area (Å²) in [5.74, 6) is 0.235. The number of thiophene rings is 1. The Morgan fingerprint density at radius 2 is 1.84 bits per heavy atom. The highest BCUT2D eigenvalue weighted by Gasteiger charge is 2.14. The van der Waals surface area contributed by atoms with Gasteiger partial charge in [-0.1, -0.05) is 32.9 Å². The Morgan fingerprint density at radius 3 is 2.56 bits per heavy atom. The van der Waals surface area contributed by atoms with Crippen LogP contribution in [0.15, 0.2) is 30.3 Å². The first-order chi connectivity index (χ1) is 15.3. The highest BCUT2D eigenvalue weighted by Crippen LogP contribution is 2.25.